The summed E-state index contributed by atoms with van der Waals surface area (Å²) in [6, 6.07) is 23.2. The van der Waals surface area contributed by atoms with Crippen molar-refractivity contribution >= 4 is 43.5 Å². The highest BCUT2D eigenvalue weighted by Crippen LogP contribution is 2.45. The van der Waals surface area contributed by atoms with Crippen LogP contribution in [0.25, 0.3) is 11.3 Å². The molecule has 0 saturated carbocycles. The molecule has 31 heavy (non-hydrogen) atoms. The van der Waals surface area contributed by atoms with Crippen molar-refractivity contribution in [3.05, 3.63) is 98.6 Å². The summed E-state index contributed by atoms with van der Waals surface area (Å²) in [7, 11) is 1.64. The van der Waals surface area contributed by atoms with Gasteiger partial charge in [-0.2, -0.15) is 5.10 Å². The van der Waals surface area contributed by atoms with E-state index >= 15 is 0 Å². The fourth-order valence-electron chi connectivity index (χ4n) is 3.94. The summed E-state index contributed by atoms with van der Waals surface area (Å²) < 4.78 is 7.23. The van der Waals surface area contributed by atoms with Gasteiger partial charge in [-0.15, -0.1) is 0 Å². The van der Waals surface area contributed by atoms with Crippen LogP contribution in [0.5, 0.6) is 5.75 Å². The summed E-state index contributed by atoms with van der Waals surface area (Å²) in [6.45, 7) is 0. The van der Waals surface area contributed by atoms with E-state index in [9.17, 15) is 4.79 Å². The molecule has 0 fully saturated rings. The Morgan fingerprint density at radius 2 is 1.52 bits per heavy atom. The number of benzene rings is 3. The molecule has 7 heteroatoms. The Bertz CT molecular complexity index is 1250. The van der Waals surface area contributed by atoms with Crippen molar-refractivity contribution in [2.75, 3.05) is 12.0 Å². The van der Waals surface area contributed by atoms with Gasteiger partial charge >= 0.3 is 0 Å². The quantitative estimate of drug-likeness (QED) is 0.329. The third-order valence-electron chi connectivity index (χ3n) is 5.42. The van der Waals surface area contributed by atoms with Crippen molar-refractivity contribution in [1.82, 2.24) is 10.2 Å². The van der Waals surface area contributed by atoms with Crippen molar-refractivity contribution in [3.8, 4) is 17.0 Å². The van der Waals surface area contributed by atoms with Crippen LogP contribution in [0.2, 0.25) is 0 Å². The average molecular weight is 539 g/mol. The molecule has 1 atom stereocenters. The van der Waals surface area contributed by atoms with Gasteiger partial charge in [0, 0.05) is 25.8 Å². The van der Waals surface area contributed by atoms with E-state index in [1.54, 1.807) is 7.11 Å². The van der Waals surface area contributed by atoms with Crippen molar-refractivity contribution in [2.45, 2.75) is 6.04 Å². The van der Waals surface area contributed by atoms with Gasteiger partial charge in [-0.3, -0.25) is 14.8 Å². The van der Waals surface area contributed by atoms with E-state index in [2.05, 4.69) is 42.1 Å². The summed E-state index contributed by atoms with van der Waals surface area (Å²) in [5.74, 6) is 0.672. The second kappa shape index (κ2) is 7.98. The number of H-pyrrole nitrogens is 1. The van der Waals surface area contributed by atoms with Crippen LogP contribution in [0.4, 0.5) is 5.69 Å². The first kappa shape index (κ1) is 20.0. The second-order valence-corrected chi connectivity index (χ2v) is 9.03. The lowest BCUT2D eigenvalue weighted by Gasteiger charge is -2.26. The lowest BCUT2D eigenvalue weighted by molar-refractivity contribution is 0.0989. The molecule has 5 rings (SSSR count). The number of carbonyl (C=O) groups excluding carboxylic acids is 1. The molecule has 0 spiro atoms. The first-order valence-corrected chi connectivity index (χ1v) is 11.2. The predicted molar refractivity (Wildman–Crippen MR) is 128 cm³/mol. The average Bonchev–Trinajstić information content (AvgIpc) is 3.34. The Kier molecular flexibility index (Phi) is 5.16. The topological polar surface area (TPSA) is 58.2 Å². The Hall–Kier alpha value is -2.90. The van der Waals surface area contributed by atoms with E-state index in [1.165, 1.54) is 0 Å². The van der Waals surface area contributed by atoms with E-state index in [1.807, 2.05) is 77.7 Å². The molecule has 0 saturated heterocycles. The van der Waals surface area contributed by atoms with Crippen molar-refractivity contribution in [1.29, 1.82) is 0 Å². The van der Waals surface area contributed by atoms with E-state index in [0.717, 1.165) is 42.8 Å². The number of hydrogen-bond donors (Lipinski definition) is 1. The monoisotopic (exact) mass is 537 g/mol. The maximum Gasteiger partial charge on any atom is 0.277 e. The van der Waals surface area contributed by atoms with Gasteiger partial charge < -0.3 is 4.74 Å². The zero-order chi connectivity index (χ0) is 21.5. The standard InChI is InChI=1S/C24H17Br2N3O2/c1-31-19-12-4-14(5-13-19)21-20-22(28-27-21)24(30)29(18-10-8-17(26)9-11-18)23(20)15-2-6-16(25)7-3-15/h2-13,23H,1H3,(H,27,28). The highest BCUT2D eigenvalue weighted by atomic mass is 79.9. The molecule has 1 amide bonds. The minimum Gasteiger partial charge on any atom is -0.497 e. The molecule has 1 N–H and O–H groups in total. The lowest BCUT2D eigenvalue weighted by Crippen LogP contribution is -2.29. The molecule has 1 aliphatic heterocycles. The van der Waals surface area contributed by atoms with Crippen LogP contribution in [0.3, 0.4) is 0 Å². The summed E-state index contributed by atoms with van der Waals surface area (Å²) in [5.41, 5.74) is 4.91. The number of nitrogens with zero attached hydrogens (tertiary/aromatic N) is 2. The number of anilines is 1. The van der Waals surface area contributed by atoms with E-state index in [0.29, 0.717) is 5.69 Å². The largest absolute Gasteiger partial charge is 0.497 e. The van der Waals surface area contributed by atoms with Crippen molar-refractivity contribution < 1.29 is 9.53 Å². The number of rotatable bonds is 4. The molecule has 5 nitrogen and oxygen atoms in total. The van der Waals surface area contributed by atoms with Crippen molar-refractivity contribution in [3.63, 3.8) is 0 Å². The molecule has 0 bridgehead atoms. The number of methoxy groups -OCH3 is 1. The van der Waals surface area contributed by atoms with Crippen molar-refractivity contribution in [2.24, 2.45) is 0 Å². The molecule has 1 aliphatic rings. The smallest absolute Gasteiger partial charge is 0.277 e. The third-order valence-corrected chi connectivity index (χ3v) is 6.48. The van der Waals surface area contributed by atoms with E-state index in [-0.39, 0.29) is 11.9 Å². The highest BCUT2D eigenvalue weighted by Gasteiger charge is 2.43. The predicted octanol–water partition coefficient (Wildman–Crippen LogP) is 6.36. The van der Waals surface area contributed by atoms with Gasteiger partial charge in [0.05, 0.1) is 18.8 Å². The number of halogens is 2. The maximum absolute atomic E-state index is 13.5. The highest BCUT2D eigenvalue weighted by molar-refractivity contribution is 9.10. The van der Waals surface area contributed by atoms with Crippen LogP contribution in [-0.4, -0.2) is 23.2 Å². The number of aromatic nitrogens is 2. The molecule has 0 radical (unpaired) electrons. The van der Waals surface area contributed by atoms with Gasteiger partial charge in [0.25, 0.3) is 5.91 Å². The summed E-state index contributed by atoms with van der Waals surface area (Å²) in [6.07, 6.45) is 0. The Morgan fingerprint density at radius 1 is 0.903 bits per heavy atom. The molecule has 1 aromatic heterocycles. The number of amides is 1. The van der Waals surface area contributed by atoms with Crippen LogP contribution in [0.1, 0.15) is 27.7 Å². The Labute approximate surface area is 196 Å². The lowest BCUT2D eigenvalue weighted by atomic mass is 9.96. The molecule has 4 aromatic rings. The molecular formula is C24H17Br2N3O2. The second-order valence-electron chi connectivity index (χ2n) is 7.20. The number of aromatic amines is 1. The Balaban J connectivity index is 1.69. The fourth-order valence-corrected chi connectivity index (χ4v) is 4.47. The molecule has 0 aliphatic carbocycles. The van der Waals surface area contributed by atoms with Crippen LogP contribution in [0, 0.1) is 0 Å². The molecule has 3 aromatic carbocycles. The fraction of sp³-hybridized carbons (Fsp3) is 0.0833. The van der Waals surface area contributed by atoms with Crippen LogP contribution in [-0.2, 0) is 0 Å². The van der Waals surface area contributed by atoms with Gasteiger partial charge in [0.1, 0.15) is 11.4 Å². The van der Waals surface area contributed by atoms with Gasteiger partial charge in [-0.05, 0) is 66.2 Å². The summed E-state index contributed by atoms with van der Waals surface area (Å²) >= 11 is 6.98. The molecule has 154 valence electrons. The van der Waals surface area contributed by atoms with Gasteiger partial charge in [0.15, 0.2) is 0 Å². The maximum atomic E-state index is 13.5. The van der Waals surface area contributed by atoms with E-state index in [4.69, 9.17) is 4.74 Å². The summed E-state index contributed by atoms with van der Waals surface area (Å²) in [4.78, 5) is 15.3. The molecular weight excluding hydrogens is 522 g/mol. The Morgan fingerprint density at radius 3 is 2.13 bits per heavy atom. The minimum absolute atomic E-state index is 0.0995. The molecule has 1 unspecified atom stereocenters. The van der Waals surface area contributed by atoms with Gasteiger partial charge in [-0.1, -0.05) is 44.0 Å². The first-order chi connectivity index (χ1) is 15.1. The van der Waals surface area contributed by atoms with Gasteiger partial charge in [-0.25, -0.2) is 0 Å². The minimum atomic E-state index is -0.298. The number of hydrogen-bond acceptors (Lipinski definition) is 3. The number of nitrogens with one attached hydrogen (secondary N) is 1. The molecule has 2 heterocycles. The summed E-state index contributed by atoms with van der Waals surface area (Å²) in [5, 5.41) is 7.51. The number of carbonyl (C=O) groups is 1. The third kappa shape index (κ3) is 3.47. The zero-order valence-corrected chi connectivity index (χ0v) is 19.6. The zero-order valence-electron chi connectivity index (χ0n) is 16.5. The number of fused-ring (bicyclic) bond motifs is 1. The van der Waals surface area contributed by atoms with Crippen LogP contribution < -0.4 is 9.64 Å². The van der Waals surface area contributed by atoms with Crippen LogP contribution in [0.15, 0.2) is 81.7 Å². The normalized spacial score (nSPS) is 15.3. The number of ether oxygens (including phenoxy) is 1. The SMILES string of the molecule is COc1ccc(-c2n[nH]c3c2C(c2ccc(Br)cc2)N(c2ccc(Br)cc2)C3=O)cc1. The van der Waals surface area contributed by atoms with E-state index < -0.39 is 0 Å². The van der Waals surface area contributed by atoms with Gasteiger partial charge in [0.2, 0.25) is 0 Å². The van der Waals surface area contributed by atoms with Crippen LogP contribution >= 0.6 is 31.9 Å². The first-order valence-electron chi connectivity index (χ1n) is 9.64.